The Morgan fingerprint density at radius 2 is 2.06 bits per heavy atom. The minimum absolute atomic E-state index is 0.105. The Bertz CT molecular complexity index is 465. The molecule has 3 heteroatoms. The number of rotatable bonds is 4. The van der Waals surface area contributed by atoms with E-state index in [4.69, 9.17) is 0 Å². The summed E-state index contributed by atoms with van der Waals surface area (Å²) < 4.78 is 0. The Hall–Kier alpha value is -1.87. The zero-order valence-corrected chi connectivity index (χ0v) is 10.5. The smallest absolute Gasteiger partial charge is 0.265 e. The molecule has 0 saturated heterocycles. The molecular weight excluding hydrogens is 224 g/mol. The van der Waals surface area contributed by atoms with Gasteiger partial charge >= 0.3 is 0 Å². The zero-order chi connectivity index (χ0) is 12.8. The van der Waals surface area contributed by atoms with E-state index in [1.165, 1.54) is 0 Å². The highest BCUT2D eigenvalue weighted by atomic mass is 16.2. The van der Waals surface area contributed by atoms with Crippen LogP contribution < -0.4 is 10.9 Å². The minimum Gasteiger partial charge on any atom is -0.287 e. The average molecular weight is 242 g/mol. The van der Waals surface area contributed by atoms with E-state index in [1.807, 2.05) is 30.4 Å². The lowest BCUT2D eigenvalue weighted by molar-refractivity contribution is 0.0912. The lowest BCUT2D eigenvalue weighted by atomic mass is 9.89. The summed E-state index contributed by atoms with van der Waals surface area (Å²) in [5, 5.41) is 0. The van der Waals surface area contributed by atoms with Crippen LogP contribution in [0.5, 0.6) is 0 Å². The Labute approximate surface area is 108 Å². The van der Waals surface area contributed by atoms with E-state index in [2.05, 4.69) is 29.9 Å². The molecule has 0 fully saturated rings. The number of nitrogens with one attached hydrogen (secondary N) is 2. The van der Waals surface area contributed by atoms with Crippen LogP contribution in [0, 0.1) is 0 Å². The van der Waals surface area contributed by atoms with Gasteiger partial charge in [0.05, 0.1) is 5.54 Å². The molecule has 0 aromatic heterocycles. The molecule has 18 heavy (non-hydrogen) atoms. The van der Waals surface area contributed by atoms with Gasteiger partial charge in [-0.3, -0.25) is 10.2 Å². The van der Waals surface area contributed by atoms with Gasteiger partial charge in [-0.1, -0.05) is 49.4 Å². The normalized spacial score (nSPS) is 21.8. The van der Waals surface area contributed by atoms with Gasteiger partial charge in [-0.05, 0) is 25.0 Å². The highest BCUT2D eigenvalue weighted by Gasteiger charge is 2.25. The number of benzene rings is 1. The summed E-state index contributed by atoms with van der Waals surface area (Å²) in [7, 11) is 0. The predicted octanol–water partition coefficient (Wildman–Crippen LogP) is 2.59. The van der Waals surface area contributed by atoms with Gasteiger partial charge in [-0.25, -0.2) is 5.43 Å². The molecular formula is C15H18N2O. The highest BCUT2D eigenvalue weighted by molar-refractivity contribution is 5.93. The third-order valence-electron chi connectivity index (χ3n) is 3.24. The molecule has 2 rings (SSSR count). The number of allylic oxidation sites excluding steroid dienone is 2. The zero-order valence-electron chi connectivity index (χ0n) is 10.5. The van der Waals surface area contributed by atoms with Gasteiger partial charge in [0.1, 0.15) is 0 Å². The van der Waals surface area contributed by atoms with Crippen molar-refractivity contribution in [1.82, 2.24) is 10.9 Å². The molecule has 1 atom stereocenters. The van der Waals surface area contributed by atoms with Crippen LogP contribution >= 0.6 is 0 Å². The van der Waals surface area contributed by atoms with E-state index in [9.17, 15) is 4.79 Å². The standard InChI is InChI=1S/C15H18N2O/c1-2-15(11-7-4-8-12-15)17-16-14(18)13-9-5-3-6-10-13/h3-11,17H,2,12H2,1H3,(H,16,18). The molecule has 1 aromatic rings. The van der Waals surface area contributed by atoms with Gasteiger partial charge in [-0.15, -0.1) is 0 Å². The fourth-order valence-electron chi connectivity index (χ4n) is 1.95. The maximum atomic E-state index is 11.9. The molecule has 0 bridgehead atoms. The average Bonchev–Trinajstić information content (AvgIpc) is 2.47. The molecule has 3 nitrogen and oxygen atoms in total. The Balaban J connectivity index is 1.97. The van der Waals surface area contributed by atoms with Crippen molar-refractivity contribution in [3.05, 3.63) is 60.2 Å². The van der Waals surface area contributed by atoms with Crippen LogP contribution in [0.2, 0.25) is 0 Å². The van der Waals surface area contributed by atoms with Crippen LogP contribution in [-0.4, -0.2) is 11.4 Å². The monoisotopic (exact) mass is 242 g/mol. The van der Waals surface area contributed by atoms with E-state index in [0.717, 1.165) is 12.8 Å². The Morgan fingerprint density at radius 1 is 1.28 bits per heavy atom. The third-order valence-corrected chi connectivity index (χ3v) is 3.24. The van der Waals surface area contributed by atoms with Crippen LogP contribution in [0.25, 0.3) is 0 Å². The van der Waals surface area contributed by atoms with Crippen LogP contribution in [0.3, 0.4) is 0 Å². The van der Waals surface area contributed by atoms with E-state index in [-0.39, 0.29) is 11.4 Å². The lowest BCUT2D eigenvalue weighted by Crippen LogP contribution is -2.53. The molecule has 0 aliphatic heterocycles. The largest absolute Gasteiger partial charge is 0.287 e. The van der Waals surface area contributed by atoms with Crippen molar-refractivity contribution in [2.45, 2.75) is 25.3 Å². The van der Waals surface area contributed by atoms with E-state index < -0.39 is 0 Å². The van der Waals surface area contributed by atoms with Crippen molar-refractivity contribution in [2.75, 3.05) is 0 Å². The predicted molar refractivity (Wildman–Crippen MR) is 73.0 cm³/mol. The van der Waals surface area contributed by atoms with Gasteiger partial charge < -0.3 is 0 Å². The number of amides is 1. The van der Waals surface area contributed by atoms with Gasteiger partial charge in [-0.2, -0.15) is 0 Å². The quantitative estimate of drug-likeness (QED) is 0.797. The number of carbonyl (C=O) groups is 1. The first-order chi connectivity index (χ1) is 8.76. The minimum atomic E-state index is -0.167. The molecule has 1 aliphatic carbocycles. The van der Waals surface area contributed by atoms with Crippen molar-refractivity contribution in [1.29, 1.82) is 0 Å². The first-order valence-corrected chi connectivity index (χ1v) is 6.23. The van der Waals surface area contributed by atoms with Crippen molar-refractivity contribution in [3.8, 4) is 0 Å². The van der Waals surface area contributed by atoms with Crippen LogP contribution in [0.1, 0.15) is 30.1 Å². The summed E-state index contributed by atoms with van der Waals surface area (Å²) in [6.45, 7) is 2.10. The summed E-state index contributed by atoms with van der Waals surface area (Å²) in [5.41, 5.74) is 6.42. The lowest BCUT2D eigenvalue weighted by Gasteiger charge is -2.31. The molecule has 1 aromatic carbocycles. The molecule has 0 saturated carbocycles. The van der Waals surface area contributed by atoms with Crippen LogP contribution in [-0.2, 0) is 0 Å². The summed E-state index contributed by atoms with van der Waals surface area (Å²) >= 11 is 0. The first-order valence-electron chi connectivity index (χ1n) is 6.23. The summed E-state index contributed by atoms with van der Waals surface area (Å²) in [4.78, 5) is 11.9. The van der Waals surface area contributed by atoms with Crippen molar-refractivity contribution in [3.63, 3.8) is 0 Å². The SMILES string of the molecule is CCC1(NNC(=O)c2ccccc2)C=CC=CC1. The maximum absolute atomic E-state index is 11.9. The molecule has 1 unspecified atom stereocenters. The van der Waals surface area contributed by atoms with E-state index in [0.29, 0.717) is 5.56 Å². The second-order valence-electron chi connectivity index (χ2n) is 4.45. The molecule has 94 valence electrons. The second-order valence-corrected chi connectivity index (χ2v) is 4.45. The van der Waals surface area contributed by atoms with Gasteiger partial charge in [0.2, 0.25) is 0 Å². The number of carbonyl (C=O) groups excluding carboxylic acids is 1. The second kappa shape index (κ2) is 5.65. The Morgan fingerprint density at radius 3 is 2.67 bits per heavy atom. The number of hydrogen-bond acceptors (Lipinski definition) is 2. The first kappa shape index (κ1) is 12.6. The maximum Gasteiger partial charge on any atom is 0.265 e. The van der Waals surface area contributed by atoms with E-state index >= 15 is 0 Å². The van der Waals surface area contributed by atoms with Gasteiger partial charge in [0.15, 0.2) is 0 Å². The molecule has 1 amide bonds. The van der Waals surface area contributed by atoms with Crippen LogP contribution in [0.15, 0.2) is 54.6 Å². The molecule has 0 heterocycles. The number of hydrazine groups is 1. The fourth-order valence-corrected chi connectivity index (χ4v) is 1.95. The van der Waals surface area contributed by atoms with Crippen molar-refractivity contribution >= 4 is 5.91 Å². The molecule has 1 aliphatic rings. The molecule has 0 spiro atoms. The topological polar surface area (TPSA) is 41.1 Å². The Kier molecular flexibility index (Phi) is 3.95. The van der Waals surface area contributed by atoms with Crippen molar-refractivity contribution < 1.29 is 4.79 Å². The van der Waals surface area contributed by atoms with Crippen molar-refractivity contribution in [2.24, 2.45) is 0 Å². The molecule has 2 N–H and O–H groups in total. The fraction of sp³-hybridized carbons (Fsp3) is 0.267. The highest BCUT2D eigenvalue weighted by Crippen LogP contribution is 2.20. The number of hydrogen-bond donors (Lipinski definition) is 2. The third kappa shape index (κ3) is 2.87. The molecule has 0 radical (unpaired) electrons. The summed E-state index contributed by atoms with van der Waals surface area (Å²) in [5.74, 6) is -0.105. The summed E-state index contributed by atoms with van der Waals surface area (Å²) in [6, 6.07) is 9.20. The van der Waals surface area contributed by atoms with Gasteiger partial charge in [0.25, 0.3) is 5.91 Å². The van der Waals surface area contributed by atoms with Gasteiger partial charge in [0, 0.05) is 5.56 Å². The van der Waals surface area contributed by atoms with Crippen LogP contribution in [0.4, 0.5) is 0 Å². The summed E-state index contributed by atoms with van der Waals surface area (Å²) in [6.07, 6.45) is 10.0. The van der Waals surface area contributed by atoms with E-state index in [1.54, 1.807) is 12.1 Å².